The molecule has 5 nitrogen and oxygen atoms in total. The van der Waals surface area contributed by atoms with Gasteiger partial charge in [0.1, 0.15) is 0 Å². The van der Waals surface area contributed by atoms with E-state index < -0.39 is 0 Å². The molecule has 114 valence electrons. The van der Waals surface area contributed by atoms with Gasteiger partial charge in [0, 0.05) is 23.8 Å². The van der Waals surface area contributed by atoms with Crippen molar-refractivity contribution in [2.45, 2.75) is 13.3 Å². The molecule has 0 aromatic heterocycles. The smallest absolute Gasteiger partial charge is 0.228 e. The normalized spacial score (nSPS) is 20.0. The Morgan fingerprint density at radius 3 is 2.71 bits per heavy atom. The van der Waals surface area contributed by atoms with Gasteiger partial charge in [-0.25, -0.2) is 0 Å². The topological polar surface area (TPSA) is 67.4 Å². The van der Waals surface area contributed by atoms with Gasteiger partial charge < -0.3 is 15.4 Å². The van der Waals surface area contributed by atoms with Crippen molar-refractivity contribution in [1.29, 1.82) is 0 Å². The van der Waals surface area contributed by atoms with Crippen molar-refractivity contribution >= 4 is 33.4 Å². The van der Waals surface area contributed by atoms with E-state index in [2.05, 4.69) is 26.6 Å². The molecule has 21 heavy (non-hydrogen) atoms. The van der Waals surface area contributed by atoms with Crippen LogP contribution in [-0.2, 0) is 14.3 Å². The first-order valence-electron chi connectivity index (χ1n) is 6.86. The molecule has 0 radical (unpaired) electrons. The van der Waals surface area contributed by atoms with Crippen LogP contribution in [0.25, 0.3) is 0 Å². The summed E-state index contributed by atoms with van der Waals surface area (Å²) in [5.41, 5.74) is 1.81. The molecule has 1 aromatic rings. The zero-order chi connectivity index (χ0) is 15.4. The van der Waals surface area contributed by atoms with Gasteiger partial charge in [0.15, 0.2) is 0 Å². The second kappa shape index (κ2) is 7.04. The predicted octanol–water partition coefficient (Wildman–Crippen LogP) is 2.09. The van der Waals surface area contributed by atoms with Crippen LogP contribution in [0.3, 0.4) is 0 Å². The fraction of sp³-hybridized carbons (Fsp3) is 0.467. The second-order valence-corrected chi connectivity index (χ2v) is 6.04. The number of rotatable bonds is 6. The highest BCUT2D eigenvalue weighted by atomic mass is 79.9. The number of halogens is 1. The molecule has 2 amide bonds. The van der Waals surface area contributed by atoms with E-state index in [4.69, 9.17) is 4.74 Å². The molecule has 2 rings (SSSR count). The van der Waals surface area contributed by atoms with Crippen LogP contribution in [0.15, 0.2) is 22.7 Å². The summed E-state index contributed by atoms with van der Waals surface area (Å²) in [6, 6.07) is 5.63. The third-order valence-corrected chi connectivity index (χ3v) is 4.38. The molecule has 0 saturated heterocycles. The lowest BCUT2D eigenvalue weighted by Gasteiger charge is -2.07. The third-order valence-electron chi connectivity index (χ3n) is 3.49. The zero-order valence-corrected chi connectivity index (χ0v) is 13.7. The van der Waals surface area contributed by atoms with E-state index in [0.29, 0.717) is 19.6 Å². The highest BCUT2D eigenvalue weighted by Crippen LogP contribution is 2.39. The lowest BCUT2D eigenvalue weighted by molar-refractivity contribution is -0.125. The first-order valence-corrected chi connectivity index (χ1v) is 7.66. The molecule has 1 aromatic carbocycles. The van der Waals surface area contributed by atoms with Gasteiger partial charge in [-0.3, -0.25) is 9.59 Å². The highest BCUT2D eigenvalue weighted by Gasteiger charge is 2.47. The summed E-state index contributed by atoms with van der Waals surface area (Å²) < 4.78 is 5.87. The van der Waals surface area contributed by atoms with Crippen molar-refractivity contribution in [2.75, 3.05) is 25.6 Å². The van der Waals surface area contributed by atoms with Gasteiger partial charge in [0.2, 0.25) is 11.8 Å². The standard InChI is InChI=1S/C15H19BrN2O3/c1-9-7-10(3-4-13(9)16)18-15(20)12-8-11(12)14(19)17-5-6-21-2/h3-4,7,11-12H,5-6,8H2,1-2H3,(H,17,19)(H,18,20). The molecule has 1 saturated carbocycles. The van der Waals surface area contributed by atoms with Gasteiger partial charge in [0.05, 0.1) is 18.4 Å². The maximum Gasteiger partial charge on any atom is 0.228 e. The molecular formula is C15H19BrN2O3. The molecule has 0 aliphatic heterocycles. The average molecular weight is 355 g/mol. The van der Waals surface area contributed by atoms with E-state index in [9.17, 15) is 9.59 Å². The Hall–Kier alpha value is -1.40. The van der Waals surface area contributed by atoms with Gasteiger partial charge in [-0.1, -0.05) is 15.9 Å². The largest absolute Gasteiger partial charge is 0.383 e. The third kappa shape index (κ3) is 4.28. The van der Waals surface area contributed by atoms with Crippen LogP contribution in [0.4, 0.5) is 5.69 Å². The molecule has 1 aliphatic carbocycles. The lowest BCUT2D eigenvalue weighted by atomic mass is 10.2. The van der Waals surface area contributed by atoms with Crippen molar-refractivity contribution in [2.24, 2.45) is 11.8 Å². The molecule has 2 atom stereocenters. The zero-order valence-electron chi connectivity index (χ0n) is 12.1. The maximum absolute atomic E-state index is 12.1. The van der Waals surface area contributed by atoms with Gasteiger partial charge in [-0.2, -0.15) is 0 Å². The highest BCUT2D eigenvalue weighted by molar-refractivity contribution is 9.10. The minimum Gasteiger partial charge on any atom is -0.383 e. The number of amides is 2. The fourth-order valence-corrected chi connectivity index (χ4v) is 2.39. The summed E-state index contributed by atoms with van der Waals surface area (Å²) in [7, 11) is 1.58. The molecule has 0 bridgehead atoms. The van der Waals surface area contributed by atoms with Gasteiger partial charge in [-0.15, -0.1) is 0 Å². The summed E-state index contributed by atoms with van der Waals surface area (Å²) in [5.74, 6) is -0.599. The number of aryl methyl sites for hydroxylation is 1. The van der Waals surface area contributed by atoms with E-state index in [1.54, 1.807) is 7.11 Å². The number of carbonyl (C=O) groups is 2. The van der Waals surface area contributed by atoms with Crippen LogP contribution in [0.2, 0.25) is 0 Å². The number of ether oxygens (including phenoxy) is 1. The second-order valence-electron chi connectivity index (χ2n) is 5.19. The number of hydrogen-bond acceptors (Lipinski definition) is 3. The summed E-state index contributed by atoms with van der Waals surface area (Å²) in [6.45, 7) is 2.92. The number of methoxy groups -OCH3 is 1. The van der Waals surface area contributed by atoms with Crippen molar-refractivity contribution in [3.8, 4) is 0 Å². The molecule has 1 fully saturated rings. The van der Waals surface area contributed by atoms with Gasteiger partial charge in [0.25, 0.3) is 0 Å². The fourth-order valence-electron chi connectivity index (χ4n) is 2.14. The van der Waals surface area contributed by atoms with Crippen LogP contribution >= 0.6 is 15.9 Å². The Balaban J connectivity index is 1.82. The molecule has 0 heterocycles. The summed E-state index contributed by atoms with van der Waals surface area (Å²) >= 11 is 3.42. The summed E-state index contributed by atoms with van der Waals surface area (Å²) in [5, 5.41) is 5.62. The first-order chi connectivity index (χ1) is 10.0. The number of benzene rings is 1. The van der Waals surface area contributed by atoms with Crippen molar-refractivity contribution in [3.63, 3.8) is 0 Å². The Kier molecular flexibility index (Phi) is 5.36. The van der Waals surface area contributed by atoms with E-state index >= 15 is 0 Å². The molecule has 6 heteroatoms. The van der Waals surface area contributed by atoms with Gasteiger partial charge in [-0.05, 0) is 37.1 Å². The molecule has 1 aliphatic rings. The Bertz CT molecular complexity index is 548. The van der Waals surface area contributed by atoms with E-state index in [0.717, 1.165) is 15.7 Å². The quantitative estimate of drug-likeness (QED) is 0.768. The van der Waals surface area contributed by atoms with Crippen LogP contribution in [0.1, 0.15) is 12.0 Å². The monoisotopic (exact) mass is 354 g/mol. The van der Waals surface area contributed by atoms with E-state index in [1.807, 2.05) is 25.1 Å². The number of hydrogen-bond donors (Lipinski definition) is 2. The molecule has 0 spiro atoms. The summed E-state index contributed by atoms with van der Waals surface area (Å²) in [4.78, 5) is 23.9. The SMILES string of the molecule is COCCNC(=O)C1CC1C(=O)Nc1ccc(Br)c(C)c1. The van der Waals surface area contributed by atoms with Crippen molar-refractivity contribution in [1.82, 2.24) is 5.32 Å². The minimum atomic E-state index is -0.225. The minimum absolute atomic E-state index is 0.0702. The van der Waals surface area contributed by atoms with Crippen LogP contribution in [-0.4, -0.2) is 32.1 Å². The van der Waals surface area contributed by atoms with Crippen molar-refractivity contribution in [3.05, 3.63) is 28.2 Å². The molecular weight excluding hydrogens is 336 g/mol. The van der Waals surface area contributed by atoms with E-state index in [1.165, 1.54) is 0 Å². The maximum atomic E-state index is 12.1. The van der Waals surface area contributed by atoms with Gasteiger partial charge >= 0.3 is 0 Å². The van der Waals surface area contributed by atoms with Crippen LogP contribution in [0, 0.1) is 18.8 Å². The lowest BCUT2D eigenvalue weighted by Crippen LogP contribution is -2.30. The Labute approximate surface area is 132 Å². The van der Waals surface area contributed by atoms with Crippen LogP contribution < -0.4 is 10.6 Å². The molecule has 2 N–H and O–H groups in total. The van der Waals surface area contributed by atoms with E-state index in [-0.39, 0.29) is 23.7 Å². The Morgan fingerprint density at radius 1 is 1.33 bits per heavy atom. The average Bonchev–Trinajstić information content (AvgIpc) is 3.23. The number of anilines is 1. The molecule has 2 unspecified atom stereocenters. The summed E-state index contributed by atoms with van der Waals surface area (Å²) in [6.07, 6.45) is 0.611. The van der Waals surface area contributed by atoms with Crippen LogP contribution in [0.5, 0.6) is 0 Å². The Morgan fingerprint density at radius 2 is 2.05 bits per heavy atom. The number of carbonyl (C=O) groups excluding carboxylic acids is 2. The number of nitrogens with one attached hydrogen (secondary N) is 2. The first kappa shape index (κ1) is 16.0. The van der Waals surface area contributed by atoms with Crippen molar-refractivity contribution < 1.29 is 14.3 Å². The predicted molar refractivity (Wildman–Crippen MR) is 84.0 cm³/mol.